The van der Waals surface area contributed by atoms with Crippen LogP contribution in [-0.4, -0.2) is 33.7 Å². The van der Waals surface area contributed by atoms with E-state index in [1.165, 1.54) is 0 Å². The van der Waals surface area contributed by atoms with Crippen LogP contribution >= 0.6 is 0 Å². The normalized spacial score (nSPS) is 14.8. The van der Waals surface area contributed by atoms with Gasteiger partial charge < -0.3 is 10.6 Å². The molecule has 132 valence electrons. The zero-order chi connectivity index (χ0) is 17.6. The molecule has 1 fully saturated rings. The second kappa shape index (κ2) is 7.96. The van der Waals surface area contributed by atoms with E-state index in [2.05, 4.69) is 15.7 Å². The Morgan fingerprint density at radius 3 is 2.68 bits per heavy atom. The van der Waals surface area contributed by atoms with Crippen LogP contribution in [0.4, 0.5) is 0 Å². The Labute approximate surface area is 147 Å². The van der Waals surface area contributed by atoms with Gasteiger partial charge in [0.2, 0.25) is 11.8 Å². The number of aryl methyl sites for hydroxylation is 2. The molecule has 6 nitrogen and oxygen atoms in total. The molecule has 1 aliphatic rings. The molecule has 0 radical (unpaired) electrons. The zero-order valence-corrected chi connectivity index (χ0v) is 14.4. The molecular formula is C19H24N4O2. The molecule has 1 aromatic carbocycles. The Bertz CT molecular complexity index is 722. The Balaban J connectivity index is 1.57. The maximum atomic E-state index is 12.5. The molecule has 0 unspecified atom stereocenters. The Hall–Kier alpha value is -2.63. The van der Waals surface area contributed by atoms with Crippen LogP contribution < -0.4 is 10.6 Å². The summed E-state index contributed by atoms with van der Waals surface area (Å²) in [7, 11) is 0. The number of hydrogen-bond donors (Lipinski definition) is 2. The van der Waals surface area contributed by atoms with Crippen LogP contribution in [0.2, 0.25) is 0 Å². The van der Waals surface area contributed by atoms with E-state index in [1.54, 1.807) is 10.9 Å². The number of carbonyl (C=O) groups excluding carboxylic acids is 2. The van der Waals surface area contributed by atoms with Crippen molar-refractivity contribution in [3.05, 3.63) is 53.9 Å². The van der Waals surface area contributed by atoms with E-state index in [0.29, 0.717) is 19.4 Å². The maximum absolute atomic E-state index is 12.5. The number of amides is 2. The third-order valence-corrected chi connectivity index (χ3v) is 4.19. The highest BCUT2D eigenvalue weighted by Crippen LogP contribution is 2.19. The second-order valence-corrected chi connectivity index (χ2v) is 6.62. The first-order valence-corrected chi connectivity index (χ1v) is 8.73. The molecular weight excluding hydrogens is 316 g/mol. The lowest BCUT2D eigenvalue weighted by atomic mass is 10.0. The lowest BCUT2D eigenvalue weighted by Crippen LogP contribution is -2.48. The molecule has 1 atom stereocenters. The molecule has 0 spiro atoms. The molecule has 1 aliphatic carbocycles. The van der Waals surface area contributed by atoms with Crippen LogP contribution in [-0.2, 0) is 22.6 Å². The number of hydrogen-bond acceptors (Lipinski definition) is 3. The molecule has 2 amide bonds. The molecule has 2 aromatic rings. The molecule has 0 aliphatic heterocycles. The highest BCUT2D eigenvalue weighted by molar-refractivity contribution is 5.88. The predicted octanol–water partition coefficient (Wildman–Crippen LogP) is 1.59. The molecule has 1 heterocycles. The van der Waals surface area contributed by atoms with Gasteiger partial charge in [-0.25, -0.2) is 0 Å². The van der Waals surface area contributed by atoms with Crippen LogP contribution in [0.1, 0.15) is 30.4 Å². The van der Waals surface area contributed by atoms with E-state index in [9.17, 15) is 9.59 Å². The summed E-state index contributed by atoms with van der Waals surface area (Å²) in [6.07, 6.45) is 6.50. The van der Waals surface area contributed by atoms with Crippen molar-refractivity contribution in [3.8, 4) is 0 Å². The monoisotopic (exact) mass is 340 g/mol. The minimum atomic E-state index is -0.546. The highest BCUT2D eigenvalue weighted by Gasteiger charge is 2.28. The zero-order valence-electron chi connectivity index (χ0n) is 14.4. The Morgan fingerprint density at radius 2 is 2.04 bits per heavy atom. The van der Waals surface area contributed by atoms with Gasteiger partial charge in [0.05, 0.1) is 6.20 Å². The van der Waals surface area contributed by atoms with Gasteiger partial charge in [-0.15, -0.1) is 0 Å². The second-order valence-electron chi connectivity index (χ2n) is 6.62. The summed E-state index contributed by atoms with van der Waals surface area (Å²) in [4.78, 5) is 24.8. The average molecular weight is 340 g/mol. The lowest BCUT2D eigenvalue weighted by molar-refractivity contribution is -0.129. The van der Waals surface area contributed by atoms with Crippen LogP contribution in [0.5, 0.6) is 0 Å². The highest BCUT2D eigenvalue weighted by atomic mass is 16.2. The van der Waals surface area contributed by atoms with Crippen molar-refractivity contribution in [2.24, 2.45) is 0 Å². The molecule has 0 bridgehead atoms. The van der Waals surface area contributed by atoms with Gasteiger partial charge in [0, 0.05) is 31.6 Å². The summed E-state index contributed by atoms with van der Waals surface area (Å²) in [6, 6.07) is 9.48. The number of nitrogens with zero attached hydrogens (tertiary/aromatic N) is 2. The van der Waals surface area contributed by atoms with Gasteiger partial charge in [-0.1, -0.05) is 30.3 Å². The third-order valence-electron chi connectivity index (χ3n) is 4.19. The quantitative estimate of drug-likeness (QED) is 0.766. The largest absolute Gasteiger partial charge is 0.352 e. The fraction of sp³-hybridized carbons (Fsp3) is 0.421. The maximum Gasteiger partial charge on any atom is 0.243 e. The number of benzene rings is 1. The fourth-order valence-electron chi connectivity index (χ4n) is 2.66. The fourth-order valence-corrected chi connectivity index (χ4v) is 2.66. The van der Waals surface area contributed by atoms with Gasteiger partial charge in [0.1, 0.15) is 6.04 Å². The van der Waals surface area contributed by atoms with E-state index in [0.717, 1.165) is 24.0 Å². The van der Waals surface area contributed by atoms with Crippen molar-refractivity contribution >= 4 is 11.8 Å². The average Bonchev–Trinajstić information content (AvgIpc) is 3.32. The summed E-state index contributed by atoms with van der Waals surface area (Å²) in [5.74, 6) is -0.241. The summed E-state index contributed by atoms with van der Waals surface area (Å²) in [5, 5.41) is 10.0. The molecule has 3 rings (SSSR count). The third kappa shape index (κ3) is 5.45. The first-order valence-electron chi connectivity index (χ1n) is 8.73. The van der Waals surface area contributed by atoms with E-state index >= 15 is 0 Å². The topological polar surface area (TPSA) is 76.0 Å². The number of nitrogens with one attached hydrogen (secondary N) is 2. The van der Waals surface area contributed by atoms with Gasteiger partial charge in [-0.3, -0.25) is 14.3 Å². The molecule has 1 saturated carbocycles. The van der Waals surface area contributed by atoms with Crippen molar-refractivity contribution < 1.29 is 9.59 Å². The smallest absolute Gasteiger partial charge is 0.243 e. The van der Waals surface area contributed by atoms with Crippen molar-refractivity contribution in [1.29, 1.82) is 0 Å². The number of aromatic nitrogens is 2. The molecule has 0 saturated heterocycles. The van der Waals surface area contributed by atoms with Gasteiger partial charge in [-0.05, 0) is 30.9 Å². The first-order chi connectivity index (χ1) is 12.1. The van der Waals surface area contributed by atoms with Gasteiger partial charge in [0.15, 0.2) is 0 Å². The predicted molar refractivity (Wildman–Crippen MR) is 94.8 cm³/mol. The molecule has 25 heavy (non-hydrogen) atoms. The Morgan fingerprint density at radius 1 is 1.28 bits per heavy atom. The molecule has 6 heteroatoms. The molecule has 2 N–H and O–H groups in total. The van der Waals surface area contributed by atoms with Gasteiger partial charge in [0.25, 0.3) is 0 Å². The van der Waals surface area contributed by atoms with E-state index in [1.807, 2.05) is 43.5 Å². The van der Waals surface area contributed by atoms with Crippen molar-refractivity contribution in [3.63, 3.8) is 0 Å². The van der Waals surface area contributed by atoms with E-state index in [4.69, 9.17) is 0 Å². The first kappa shape index (κ1) is 17.2. The van der Waals surface area contributed by atoms with Gasteiger partial charge >= 0.3 is 0 Å². The number of carbonyl (C=O) groups is 2. The Kier molecular flexibility index (Phi) is 5.48. The van der Waals surface area contributed by atoms with Gasteiger partial charge in [-0.2, -0.15) is 5.10 Å². The summed E-state index contributed by atoms with van der Waals surface area (Å²) in [6.45, 7) is 2.46. The van der Waals surface area contributed by atoms with E-state index < -0.39 is 6.04 Å². The van der Waals surface area contributed by atoms with Crippen LogP contribution in [0.3, 0.4) is 0 Å². The van der Waals surface area contributed by atoms with Crippen LogP contribution in [0.15, 0.2) is 42.7 Å². The van der Waals surface area contributed by atoms with Crippen LogP contribution in [0, 0.1) is 6.92 Å². The van der Waals surface area contributed by atoms with Crippen LogP contribution in [0.25, 0.3) is 0 Å². The molecule has 1 aromatic heterocycles. The summed E-state index contributed by atoms with van der Waals surface area (Å²) < 4.78 is 1.74. The standard InChI is InChI=1S/C19H24N4O2/c1-14-12-20-23(13-14)10-9-18(24)22-17(19(25)21-16-7-8-16)11-15-5-3-2-4-6-15/h2-6,12-13,16-17H,7-11H2,1H3,(H,21,25)(H,22,24)/t17-/m1/s1. The minimum Gasteiger partial charge on any atom is -0.352 e. The lowest BCUT2D eigenvalue weighted by Gasteiger charge is -2.18. The van der Waals surface area contributed by atoms with Crippen molar-refractivity contribution in [2.45, 2.75) is 51.2 Å². The van der Waals surface area contributed by atoms with Crippen molar-refractivity contribution in [2.75, 3.05) is 0 Å². The number of rotatable bonds is 8. The SMILES string of the molecule is Cc1cnn(CCC(=O)N[C@H](Cc2ccccc2)C(=O)NC2CC2)c1. The van der Waals surface area contributed by atoms with E-state index in [-0.39, 0.29) is 17.9 Å². The minimum absolute atomic E-state index is 0.102. The summed E-state index contributed by atoms with van der Waals surface area (Å²) >= 11 is 0. The summed E-state index contributed by atoms with van der Waals surface area (Å²) in [5.41, 5.74) is 2.09. The van der Waals surface area contributed by atoms with Crippen molar-refractivity contribution in [1.82, 2.24) is 20.4 Å².